The predicted octanol–water partition coefficient (Wildman–Crippen LogP) is 3.44. The Bertz CT molecular complexity index is 459. The van der Waals surface area contributed by atoms with Crippen molar-refractivity contribution in [2.24, 2.45) is 5.41 Å². The Morgan fingerprint density at radius 3 is 2.62 bits per heavy atom. The fourth-order valence-corrected chi connectivity index (χ4v) is 3.83. The summed E-state index contributed by atoms with van der Waals surface area (Å²) < 4.78 is 0. The lowest BCUT2D eigenvalue weighted by molar-refractivity contribution is 0.0498. The molecule has 1 saturated carbocycles. The van der Waals surface area contributed by atoms with Crippen LogP contribution in [0.15, 0.2) is 17.5 Å². The Labute approximate surface area is 131 Å². The molecular weight excluding hydrogens is 284 g/mol. The molecule has 0 radical (unpaired) electrons. The summed E-state index contributed by atoms with van der Waals surface area (Å²) in [7, 11) is 0. The number of aliphatic hydroxyl groups is 1. The summed E-state index contributed by atoms with van der Waals surface area (Å²) in [6.45, 7) is 6.67. The van der Waals surface area contributed by atoms with E-state index in [4.69, 9.17) is 0 Å². The summed E-state index contributed by atoms with van der Waals surface area (Å²) in [4.78, 5) is 13.3. The van der Waals surface area contributed by atoms with Gasteiger partial charge in [-0.3, -0.25) is 0 Å². The second-order valence-corrected chi connectivity index (χ2v) is 8.05. The van der Waals surface area contributed by atoms with Gasteiger partial charge in [0.1, 0.15) is 0 Å². The molecule has 1 aliphatic carbocycles. The van der Waals surface area contributed by atoms with Gasteiger partial charge in [-0.05, 0) is 29.7 Å². The molecule has 1 atom stereocenters. The molecule has 1 fully saturated rings. The SMILES string of the molecule is CC(C)(C)C(NC(=O)NCC1(O)CCCC1)c1cccs1. The standard InChI is InChI=1S/C16H26N2O2S/c1-15(2,3)13(12-7-6-10-21-12)18-14(19)17-11-16(20)8-4-5-9-16/h6-7,10,13,20H,4-5,8-9,11H2,1-3H3,(H2,17,18,19). The van der Waals surface area contributed by atoms with Gasteiger partial charge in [0.2, 0.25) is 0 Å². The Morgan fingerprint density at radius 2 is 2.10 bits per heavy atom. The number of thiophene rings is 1. The first-order valence-electron chi connectivity index (χ1n) is 7.60. The smallest absolute Gasteiger partial charge is 0.315 e. The van der Waals surface area contributed by atoms with Crippen LogP contribution in [0.3, 0.4) is 0 Å². The summed E-state index contributed by atoms with van der Waals surface area (Å²) in [5.74, 6) is 0. The van der Waals surface area contributed by atoms with E-state index in [0.29, 0.717) is 6.54 Å². The van der Waals surface area contributed by atoms with Crippen LogP contribution in [0.2, 0.25) is 0 Å². The highest BCUT2D eigenvalue weighted by Gasteiger charge is 2.32. The van der Waals surface area contributed by atoms with Crippen LogP contribution in [0, 0.1) is 5.41 Å². The lowest BCUT2D eigenvalue weighted by atomic mass is 9.86. The lowest BCUT2D eigenvalue weighted by Gasteiger charge is -2.31. The highest BCUT2D eigenvalue weighted by atomic mass is 32.1. The highest BCUT2D eigenvalue weighted by molar-refractivity contribution is 7.10. The maximum Gasteiger partial charge on any atom is 0.315 e. The maximum atomic E-state index is 12.2. The number of hydrogen-bond donors (Lipinski definition) is 3. The quantitative estimate of drug-likeness (QED) is 0.798. The molecule has 2 rings (SSSR count). The fraction of sp³-hybridized carbons (Fsp3) is 0.688. The van der Waals surface area contributed by atoms with E-state index in [2.05, 4.69) is 31.4 Å². The van der Waals surface area contributed by atoms with Gasteiger partial charge in [-0.2, -0.15) is 0 Å². The highest BCUT2D eigenvalue weighted by Crippen LogP contribution is 2.35. The van der Waals surface area contributed by atoms with Gasteiger partial charge in [-0.25, -0.2) is 4.79 Å². The molecule has 1 aromatic heterocycles. The Hall–Kier alpha value is -1.07. The van der Waals surface area contributed by atoms with Crippen molar-refractivity contribution in [1.82, 2.24) is 10.6 Å². The number of hydrogen-bond acceptors (Lipinski definition) is 3. The Morgan fingerprint density at radius 1 is 1.43 bits per heavy atom. The van der Waals surface area contributed by atoms with E-state index in [1.54, 1.807) is 11.3 Å². The summed E-state index contributed by atoms with van der Waals surface area (Å²) >= 11 is 1.65. The molecule has 0 aliphatic heterocycles. The minimum atomic E-state index is -0.711. The van der Waals surface area contributed by atoms with E-state index in [-0.39, 0.29) is 17.5 Å². The van der Waals surface area contributed by atoms with Crippen LogP contribution in [-0.2, 0) is 0 Å². The molecule has 1 aromatic rings. The van der Waals surface area contributed by atoms with Gasteiger partial charge in [-0.15, -0.1) is 11.3 Å². The molecule has 118 valence electrons. The monoisotopic (exact) mass is 310 g/mol. The molecule has 4 nitrogen and oxygen atoms in total. The van der Waals surface area contributed by atoms with Gasteiger partial charge in [0.15, 0.2) is 0 Å². The number of carbonyl (C=O) groups is 1. The third-order valence-corrected chi connectivity index (χ3v) is 5.02. The molecule has 0 aromatic carbocycles. The van der Waals surface area contributed by atoms with Gasteiger partial charge in [0.05, 0.1) is 11.6 Å². The van der Waals surface area contributed by atoms with Crippen molar-refractivity contribution in [1.29, 1.82) is 0 Å². The maximum absolute atomic E-state index is 12.2. The van der Waals surface area contributed by atoms with Crippen molar-refractivity contribution >= 4 is 17.4 Å². The summed E-state index contributed by atoms with van der Waals surface area (Å²) in [6.07, 6.45) is 3.64. The summed E-state index contributed by atoms with van der Waals surface area (Å²) in [5.41, 5.74) is -0.774. The average Bonchev–Trinajstić information content (AvgIpc) is 3.04. The van der Waals surface area contributed by atoms with Crippen LogP contribution in [0.25, 0.3) is 0 Å². The Balaban J connectivity index is 1.93. The molecule has 5 heteroatoms. The van der Waals surface area contributed by atoms with Gasteiger partial charge in [0.25, 0.3) is 0 Å². The molecule has 0 saturated heterocycles. The normalized spacial score (nSPS) is 19.2. The van der Waals surface area contributed by atoms with Crippen molar-refractivity contribution in [2.45, 2.75) is 58.1 Å². The van der Waals surface area contributed by atoms with Gasteiger partial charge >= 0.3 is 6.03 Å². The zero-order valence-corrected chi connectivity index (χ0v) is 13.9. The molecule has 1 heterocycles. The zero-order chi connectivity index (χ0) is 15.5. The second kappa shape index (κ2) is 6.36. The van der Waals surface area contributed by atoms with Crippen LogP contribution in [0.5, 0.6) is 0 Å². The molecule has 3 N–H and O–H groups in total. The molecule has 0 bridgehead atoms. The average molecular weight is 310 g/mol. The second-order valence-electron chi connectivity index (χ2n) is 7.07. The number of carbonyl (C=O) groups excluding carboxylic acids is 1. The number of nitrogens with one attached hydrogen (secondary N) is 2. The summed E-state index contributed by atoms with van der Waals surface area (Å²) in [5, 5.41) is 18.2. The summed E-state index contributed by atoms with van der Waals surface area (Å²) in [6, 6.07) is 3.81. The third-order valence-electron chi connectivity index (χ3n) is 4.08. The first-order chi connectivity index (χ1) is 9.80. The van der Waals surface area contributed by atoms with E-state index in [1.165, 1.54) is 0 Å². The van der Waals surface area contributed by atoms with E-state index in [0.717, 1.165) is 30.6 Å². The van der Waals surface area contributed by atoms with Crippen molar-refractivity contribution in [2.75, 3.05) is 6.54 Å². The van der Waals surface area contributed by atoms with E-state index >= 15 is 0 Å². The van der Waals surface area contributed by atoms with Crippen LogP contribution in [0.1, 0.15) is 57.4 Å². The Kier molecular flexibility index (Phi) is 4.94. The first kappa shape index (κ1) is 16.3. The van der Waals surface area contributed by atoms with Crippen LogP contribution < -0.4 is 10.6 Å². The third kappa shape index (κ3) is 4.45. The topological polar surface area (TPSA) is 61.4 Å². The molecule has 1 aliphatic rings. The molecule has 2 amide bonds. The minimum Gasteiger partial charge on any atom is -0.388 e. The van der Waals surface area contributed by atoms with Crippen LogP contribution in [0.4, 0.5) is 4.79 Å². The fourth-order valence-electron chi connectivity index (χ4n) is 2.81. The molecule has 21 heavy (non-hydrogen) atoms. The van der Waals surface area contributed by atoms with Crippen LogP contribution in [-0.4, -0.2) is 23.3 Å². The molecule has 0 spiro atoms. The van der Waals surface area contributed by atoms with Gasteiger partial charge < -0.3 is 15.7 Å². The van der Waals surface area contributed by atoms with Crippen molar-refractivity contribution < 1.29 is 9.90 Å². The van der Waals surface area contributed by atoms with Crippen molar-refractivity contribution in [3.05, 3.63) is 22.4 Å². The van der Waals surface area contributed by atoms with E-state index in [1.807, 2.05) is 17.5 Å². The van der Waals surface area contributed by atoms with Gasteiger partial charge in [-0.1, -0.05) is 39.7 Å². The lowest BCUT2D eigenvalue weighted by Crippen LogP contribution is -2.47. The number of rotatable bonds is 4. The largest absolute Gasteiger partial charge is 0.388 e. The van der Waals surface area contributed by atoms with E-state index in [9.17, 15) is 9.90 Å². The van der Waals surface area contributed by atoms with Gasteiger partial charge in [0, 0.05) is 11.4 Å². The van der Waals surface area contributed by atoms with Crippen LogP contribution >= 0.6 is 11.3 Å². The molecule has 1 unspecified atom stereocenters. The number of amides is 2. The van der Waals surface area contributed by atoms with E-state index < -0.39 is 5.60 Å². The van der Waals surface area contributed by atoms with Crippen molar-refractivity contribution in [3.63, 3.8) is 0 Å². The molecular formula is C16H26N2O2S. The zero-order valence-electron chi connectivity index (χ0n) is 13.1. The first-order valence-corrected chi connectivity index (χ1v) is 8.48. The predicted molar refractivity (Wildman–Crippen MR) is 86.5 cm³/mol. The number of urea groups is 1. The minimum absolute atomic E-state index is 0.0317. The van der Waals surface area contributed by atoms with Crippen molar-refractivity contribution in [3.8, 4) is 0 Å².